The first-order valence-corrected chi connectivity index (χ1v) is 3.76. The van der Waals surface area contributed by atoms with Crippen LogP contribution < -0.4 is 5.73 Å². The topological polar surface area (TPSA) is 38.9 Å². The minimum atomic E-state index is -4.66. The lowest BCUT2D eigenvalue weighted by Gasteiger charge is -2.16. The number of rotatable bonds is 1. The highest BCUT2D eigenvalue weighted by atomic mass is 19.4. The molecule has 1 aromatic rings. The predicted octanol–water partition coefficient (Wildman–Crippen LogP) is 2.09. The molecular formula is C8H8F4N2. The summed E-state index contributed by atoms with van der Waals surface area (Å²) in [5, 5.41) is 0. The van der Waals surface area contributed by atoms with Gasteiger partial charge in [-0.1, -0.05) is 0 Å². The minimum absolute atomic E-state index is 0.432. The fourth-order valence-electron chi connectivity index (χ4n) is 0.970. The van der Waals surface area contributed by atoms with Gasteiger partial charge >= 0.3 is 6.18 Å². The number of halogens is 4. The second-order valence-electron chi connectivity index (χ2n) is 2.91. The van der Waals surface area contributed by atoms with Crippen molar-refractivity contribution in [3.63, 3.8) is 0 Å². The van der Waals surface area contributed by atoms with Gasteiger partial charge < -0.3 is 5.73 Å². The molecule has 2 N–H and O–H groups in total. The van der Waals surface area contributed by atoms with Crippen molar-refractivity contribution in [3.8, 4) is 0 Å². The summed E-state index contributed by atoms with van der Waals surface area (Å²) in [5.41, 5.74) is 4.64. The summed E-state index contributed by atoms with van der Waals surface area (Å²) in [4.78, 5) is 3.17. The van der Waals surface area contributed by atoms with E-state index in [1.807, 2.05) is 0 Å². The number of nitrogens with zero attached hydrogens (tertiary/aromatic N) is 1. The Kier molecular flexibility index (Phi) is 2.75. The third kappa shape index (κ3) is 2.20. The van der Waals surface area contributed by atoms with Crippen molar-refractivity contribution in [2.75, 3.05) is 0 Å². The molecule has 78 valence electrons. The minimum Gasteiger partial charge on any atom is -0.316 e. The number of aromatic nitrogens is 1. The van der Waals surface area contributed by atoms with Gasteiger partial charge in [0, 0.05) is 11.8 Å². The smallest absolute Gasteiger partial charge is 0.316 e. The highest BCUT2D eigenvalue weighted by Crippen LogP contribution is 2.31. The summed E-state index contributed by atoms with van der Waals surface area (Å²) in [7, 11) is 0. The van der Waals surface area contributed by atoms with E-state index < -0.39 is 23.7 Å². The molecule has 0 saturated heterocycles. The zero-order valence-electron chi connectivity index (χ0n) is 7.27. The van der Waals surface area contributed by atoms with Gasteiger partial charge in [0.05, 0.1) is 0 Å². The summed E-state index contributed by atoms with van der Waals surface area (Å²) in [6, 6.07) is -1.28. The SMILES string of the molecule is Cc1cnc(F)c(C(N)C(F)(F)F)c1. The molecule has 1 heterocycles. The van der Waals surface area contributed by atoms with Crippen molar-refractivity contribution < 1.29 is 17.6 Å². The lowest BCUT2D eigenvalue weighted by molar-refractivity contribution is -0.149. The second kappa shape index (κ2) is 3.53. The Morgan fingerprint density at radius 3 is 2.50 bits per heavy atom. The lowest BCUT2D eigenvalue weighted by Crippen LogP contribution is -2.29. The molecule has 0 aliphatic carbocycles. The maximum Gasteiger partial charge on any atom is 0.407 e. The molecule has 1 unspecified atom stereocenters. The zero-order valence-corrected chi connectivity index (χ0v) is 7.27. The van der Waals surface area contributed by atoms with Crippen LogP contribution in [0.5, 0.6) is 0 Å². The van der Waals surface area contributed by atoms with Gasteiger partial charge in [-0.15, -0.1) is 0 Å². The summed E-state index contributed by atoms with van der Waals surface area (Å²) in [5.74, 6) is -1.18. The predicted molar refractivity (Wildman–Crippen MR) is 41.9 cm³/mol. The Labute approximate surface area is 77.7 Å². The Hall–Kier alpha value is -1.17. The van der Waals surface area contributed by atoms with E-state index in [-0.39, 0.29) is 0 Å². The number of hydrogen-bond acceptors (Lipinski definition) is 2. The molecule has 6 heteroatoms. The van der Waals surface area contributed by atoms with Crippen LogP contribution in [0, 0.1) is 12.9 Å². The van der Waals surface area contributed by atoms with E-state index in [1.54, 1.807) is 0 Å². The molecule has 1 aromatic heterocycles. The number of pyridine rings is 1. The number of aryl methyl sites for hydroxylation is 1. The first kappa shape index (κ1) is 10.9. The zero-order chi connectivity index (χ0) is 10.9. The van der Waals surface area contributed by atoms with Crippen LogP contribution in [0.25, 0.3) is 0 Å². The Bertz CT molecular complexity index is 335. The summed E-state index contributed by atoms with van der Waals surface area (Å²) in [6.45, 7) is 1.51. The molecule has 14 heavy (non-hydrogen) atoms. The third-order valence-corrected chi connectivity index (χ3v) is 1.69. The second-order valence-corrected chi connectivity index (χ2v) is 2.91. The molecule has 0 spiro atoms. The standard InChI is InChI=1S/C8H8F4N2/c1-4-2-5(7(9)14-3-4)6(13)8(10,11)12/h2-3,6H,13H2,1H3. The van der Waals surface area contributed by atoms with Crippen LogP contribution in [-0.2, 0) is 0 Å². The maximum absolute atomic E-state index is 12.9. The molecule has 0 aliphatic rings. The molecule has 0 aliphatic heterocycles. The van der Waals surface area contributed by atoms with Crippen LogP contribution in [0.2, 0.25) is 0 Å². The maximum atomic E-state index is 12.9. The molecule has 0 fully saturated rings. The highest BCUT2D eigenvalue weighted by molar-refractivity contribution is 5.22. The first-order valence-electron chi connectivity index (χ1n) is 3.76. The highest BCUT2D eigenvalue weighted by Gasteiger charge is 2.39. The van der Waals surface area contributed by atoms with Crippen molar-refractivity contribution >= 4 is 0 Å². The molecule has 0 amide bonds. The monoisotopic (exact) mass is 208 g/mol. The van der Waals surface area contributed by atoms with Crippen LogP contribution in [0.4, 0.5) is 17.6 Å². The molecule has 0 aromatic carbocycles. The van der Waals surface area contributed by atoms with Crippen LogP contribution in [0.1, 0.15) is 17.2 Å². The van der Waals surface area contributed by atoms with Crippen molar-refractivity contribution in [2.45, 2.75) is 19.1 Å². The molecular weight excluding hydrogens is 200 g/mol. The number of alkyl halides is 3. The summed E-state index contributed by atoms with van der Waals surface area (Å²) < 4.78 is 49.2. The van der Waals surface area contributed by atoms with E-state index in [9.17, 15) is 17.6 Å². The van der Waals surface area contributed by atoms with Gasteiger partial charge in [0.15, 0.2) is 0 Å². The molecule has 1 rings (SSSR count). The van der Waals surface area contributed by atoms with Crippen LogP contribution in [-0.4, -0.2) is 11.2 Å². The van der Waals surface area contributed by atoms with E-state index in [2.05, 4.69) is 4.98 Å². The van der Waals surface area contributed by atoms with E-state index in [0.29, 0.717) is 5.56 Å². The largest absolute Gasteiger partial charge is 0.407 e. The molecule has 0 radical (unpaired) electrons. The van der Waals surface area contributed by atoms with E-state index >= 15 is 0 Å². The van der Waals surface area contributed by atoms with E-state index in [0.717, 1.165) is 12.3 Å². The Balaban J connectivity index is 3.12. The van der Waals surface area contributed by atoms with Crippen molar-refractivity contribution in [1.29, 1.82) is 0 Å². The summed E-state index contributed by atoms with van der Waals surface area (Å²) >= 11 is 0. The van der Waals surface area contributed by atoms with Gasteiger partial charge in [-0.3, -0.25) is 0 Å². The number of hydrogen-bond donors (Lipinski definition) is 1. The van der Waals surface area contributed by atoms with Gasteiger partial charge in [-0.25, -0.2) is 4.98 Å². The average Bonchev–Trinajstić information content (AvgIpc) is 2.06. The quantitative estimate of drug-likeness (QED) is 0.567. The van der Waals surface area contributed by atoms with E-state index in [1.165, 1.54) is 6.92 Å². The van der Waals surface area contributed by atoms with Crippen molar-refractivity contribution in [1.82, 2.24) is 4.98 Å². The van der Waals surface area contributed by atoms with Crippen LogP contribution >= 0.6 is 0 Å². The average molecular weight is 208 g/mol. The van der Waals surface area contributed by atoms with Gasteiger partial charge in [0.25, 0.3) is 0 Å². The third-order valence-electron chi connectivity index (χ3n) is 1.69. The summed E-state index contributed by atoms with van der Waals surface area (Å²) in [6.07, 6.45) is -3.52. The molecule has 0 saturated carbocycles. The number of nitrogens with two attached hydrogens (primary N) is 1. The fraction of sp³-hybridized carbons (Fsp3) is 0.375. The van der Waals surface area contributed by atoms with Gasteiger partial charge in [-0.2, -0.15) is 17.6 Å². The van der Waals surface area contributed by atoms with Crippen LogP contribution in [0.3, 0.4) is 0 Å². The Morgan fingerprint density at radius 2 is 2.00 bits per heavy atom. The molecule has 0 bridgehead atoms. The van der Waals surface area contributed by atoms with Crippen molar-refractivity contribution in [3.05, 3.63) is 29.3 Å². The lowest BCUT2D eigenvalue weighted by atomic mass is 10.1. The van der Waals surface area contributed by atoms with Gasteiger partial charge in [0.2, 0.25) is 5.95 Å². The Morgan fingerprint density at radius 1 is 1.43 bits per heavy atom. The molecule has 1 atom stereocenters. The normalized spacial score (nSPS) is 14.1. The van der Waals surface area contributed by atoms with Gasteiger partial charge in [0.1, 0.15) is 6.04 Å². The van der Waals surface area contributed by atoms with Crippen molar-refractivity contribution in [2.24, 2.45) is 5.73 Å². The molecule has 2 nitrogen and oxygen atoms in total. The van der Waals surface area contributed by atoms with Crippen LogP contribution in [0.15, 0.2) is 12.3 Å². The van der Waals surface area contributed by atoms with E-state index in [4.69, 9.17) is 5.73 Å². The fourth-order valence-corrected chi connectivity index (χ4v) is 0.970. The van der Waals surface area contributed by atoms with Gasteiger partial charge in [-0.05, 0) is 18.6 Å². The first-order chi connectivity index (χ1) is 6.32.